The van der Waals surface area contributed by atoms with Gasteiger partial charge in [-0.1, -0.05) is 60.7 Å². The van der Waals surface area contributed by atoms with Crippen molar-refractivity contribution in [3.8, 4) is 0 Å². The lowest BCUT2D eigenvalue weighted by Gasteiger charge is -2.41. The summed E-state index contributed by atoms with van der Waals surface area (Å²) in [4.78, 5) is 15.9. The van der Waals surface area contributed by atoms with Gasteiger partial charge in [0.1, 0.15) is 0 Å². The third-order valence-electron chi connectivity index (χ3n) is 6.51. The molecule has 2 aromatic carbocycles. The lowest BCUT2D eigenvalue weighted by molar-refractivity contribution is -0.140. The van der Waals surface area contributed by atoms with Gasteiger partial charge in [0.2, 0.25) is 5.91 Å². The van der Waals surface area contributed by atoms with E-state index in [9.17, 15) is 9.90 Å². The number of amides is 1. The second-order valence-corrected chi connectivity index (χ2v) is 8.15. The predicted octanol–water partition coefficient (Wildman–Crippen LogP) is 3.42. The van der Waals surface area contributed by atoms with E-state index in [2.05, 4.69) is 22.3 Å². The molecular weight excluding hydrogens is 348 g/mol. The molecule has 2 aromatic rings. The highest BCUT2D eigenvalue weighted by molar-refractivity contribution is 5.89. The Morgan fingerprint density at radius 3 is 2.39 bits per heavy atom. The zero-order valence-electron chi connectivity index (χ0n) is 16.4. The van der Waals surface area contributed by atoms with Crippen molar-refractivity contribution in [3.63, 3.8) is 0 Å². The van der Waals surface area contributed by atoms with Crippen LogP contribution >= 0.6 is 0 Å². The molecule has 2 saturated heterocycles. The number of aliphatic hydroxyl groups is 1. The minimum atomic E-state index is -0.528. The van der Waals surface area contributed by atoms with E-state index in [1.165, 1.54) is 0 Å². The Balaban J connectivity index is 1.56. The normalized spacial score (nSPS) is 22.8. The van der Waals surface area contributed by atoms with E-state index in [0.29, 0.717) is 6.42 Å². The first kappa shape index (κ1) is 19.2. The third kappa shape index (κ3) is 3.71. The van der Waals surface area contributed by atoms with E-state index in [4.69, 9.17) is 0 Å². The molecule has 148 valence electrons. The number of aliphatic hydroxyl groups excluding tert-OH is 1. The Bertz CT molecular complexity index is 772. The molecule has 4 heteroatoms. The first-order valence-corrected chi connectivity index (χ1v) is 10.5. The molecule has 2 aliphatic rings. The zero-order valence-corrected chi connectivity index (χ0v) is 16.4. The highest BCUT2D eigenvalue weighted by Crippen LogP contribution is 2.38. The first-order chi connectivity index (χ1) is 13.7. The molecule has 0 bridgehead atoms. The minimum Gasteiger partial charge on any atom is -0.388 e. The maximum atomic E-state index is 13.9. The second kappa shape index (κ2) is 8.46. The van der Waals surface area contributed by atoms with Crippen molar-refractivity contribution in [2.75, 3.05) is 19.6 Å². The van der Waals surface area contributed by atoms with Gasteiger partial charge in [0.25, 0.3) is 0 Å². The van der Waals surface area contributed by atoms with Gasteiger partial charge in [0.05, 0.1) is 11.5 Å². The molecule has 0 radical (unpaired) electrons. The number of nitrogens with zero attached hydrogens (tertiary/aromatic N) is 1. The molecule has 0 saturated carbocycles. The van der Waals surface area contributed by atoms with Crippen LogP contribution in [0.4, 0.5) is 0 Å². The summed E-state index contributed by atoms with van der Waals surface area (Å²) in [6.45, 7) is 2.53. The fourth-order valence-electron chi connectivity index (χ4n) is 4.93. The van der Waals surface area contributed by atoms with Crippen molar-refractivity contribution in [1.82, 2.24) is 10.2 Å². The summed E-state index contributed by atoms with van der Waals surface area (Å²) in [5, 5.41) is 14.1. The number of rotatable bonds is 5. The summed E-state index contributed by atoms with van der Waals surface area (Å²) in [6.07, 6.45) is 3.74. The molecule has 2 unspecified atom stereocenters. The molecule has 2 heterocycles. The van der Waals surface area contributed by atoms with Crippen LogP contribution in [0.3, 0.4) is 0 Å². The van der Waals surface area contributed by atoms with Crippen LogP contribution in [0.5, 0.6) is 0 Å². The van der Waals surface area contributed by atoms with E-state index in [-0.39, 0.29) is 11.9 Å². The van der Waals surface area contributed by atoms with Crippen molar-refractivity contribution in [3.05, 3.63) is 71.8 Å². The fraction of sp³-hybridized carbons (Fsp3) is 0.458. The molecule has 2 N–H and O–H groups in total. The van der Waals surface area contributed by atoms with E-state index in [1.54, 1.807) is 0 Å². The average molecular weight is 379 g/mol. The highest BCUT2D eigenvalue weighted by Gasteiger charge is 2.46. The molecule has 2 fully saturated rings. The third-order valence-corrected chi connectivity index (χ3v) is 6.51. The van der Waals surface area contributed by atoms with Gasteiger partial charge in [0, 0.05) is 12.6 Å². The summed E-state index contributed by atoms with van der Waals surface area (Å²) >= 11 is 0. The Labute approximate surface area is 167 Å². The van der Waals surface area contributed by atoms with Crippen molar-refractivity contribution in [2.45, 2.75) is 49.7 Å². The number of benzene rings is 2. The molecule has 4 nitrogen and oxygen atoms in total. The molecule has 1 amide bonds. The van der Waals surface area contributed by atoms with Crippen LogP contribution in [0.25, 0.3) is 0 Å². The molecule has 0 aliphatic carbocycles. The largest absolute Gasteiger partial charge is 0.388 e. The number of piperidine rings is 1. The molecule has 2 atom stereocenters. The molecule has 4 rings (SSSR count). The van der Waals surface area contributed by atoms with Gasteiger partial charge in [0.15, 0.2) is 0 Å². The summed E-state index contributed by atoms with van der Waals surface area (Å²) in [5.74, 6) is 0.253. The smallest absolute Gasteiger partial charge is 0.233 e. The van der Waals surface area contributed by atoms with Crippen LogP contribution in [-0.2, 0) is 10.2 Å². The monoisotopic (exact) mass is 378 g/mol. The summed E-state index contributed by atoms with van der Waals surface area (Å²) in [5.41, 5.74) is 1.63. The van der Waals surface area contributed by atoms with Gasteiger partial charge < -0.3 is 15.3 Å². The number of hydrogen-bond donors (Lipinski definition) is 2. The van der Waals surface area contributed by atoms with Crippen molar-refractivity contribution >= 4 is 5.91 Å². The average Bonchev–Trinajstić information content (AvgIpc) is 3.23. The van der Waals surface area contributed by atoms with Crippen molar-refractivity contribution < 1.29 is 9.90 Å². The Morgan fingerprint density at radius 1 is 1.07 bits per heavy atom. The van der Waals surface area contributed by atoms with Gasteiger partial charge in [-0.25, -0.2) is 0 Å². The van der Waals surface area contributed by atoms with E-state index in [0.717, 1.165) is 56.4 Å². The van der Waals surface area contributed by atoms with Gasteiger partial charge in [-0.3, -0.25) is 4.79 Å². The van der Waals surface area contributed by atoms with E-state index >= 15 is 0 Å². The zero-order chi connectivity index (χ0) is 19.4. The topological polar surface area (TPSA) is 52.6 Å². The van der Waals surface area contributed by atoms with Gasteiger partial charge in [-0.15, -0.1) is 0 Å². The summed E-state index contributed by atoms with van der Waals surface area (Å²) < 4.78 is 0. The lowest BCUT2D eigenvalue weighted by Crippen LogP contribution is -2.53. The molecule has 0 spiro atoms. The van der Waals surface area contributed by atoms with Crippen LogP contribution in [-0.4, -0.2) is 41.6 Å². The maximum Gasteiger partial charge on any atom is 0.233 e. The lowest BCUT2D eigenvalue weighted by atomic mass is 9.72. The van der Waals surface area contributed by atoms with Crippen LogP contribution < -0.4 is 5.32 Å². The van der Waals surface area contributed by atoms with Crippen molar-refractivity contribution in [2.24, 2.45) is 0 Å². The second-order valence-electron chi connectivity index (χ2n) is 8.15. The standard InChI is InChI=1S/C24H30N2O2/c27-22(19-8-3-1-4-9-19)18-21-12-7-17-26(21)23(28)24(13-15-25-16-14-24)20-10-5-2-6-11-20/h1-6,8-11,21-22,25,27H,7,12-18H2. The molecule has 2 aliphatic heterocycles. The predicted molar refractivity (Wildman–Crippen MR) is 111 cm³/mol. The van der Waals surface area contributed by atoms with Crippen LogP contribution in [0.1, 0.15) is 49.3 Å². The molecule has 0 aromatic heterocycles. The summed E-state index contributed by atoms with van der Waals surface area (Å²) in [7, 11) is 0. The number of hydrogen-bond acceptors (Lipinski definition) is 3. The first-order valence-electron chi connectivity index (χ1n) is 10.5. The SMILES string of the molecule is O=C(N1CCCC1CC(O)c1ccccc1)C1(c2ccccc2)CCNCC1. The van der Waals surface area contributed by atoms with Crippen LogP contribution in [0.2, 0.25) is 0 Å². The van der Waals surface area contributed by atoms with E-state index in [1.807, 2.05) is 48.5 Å². The van der Waals surface area contributed by atoms with Gasteiger partial charge >= 0.3 is 0 Å². The highest BCUT2D eigenvalue weighted by atomic mass is 16.3. The maximum absolute atomic E-state index is 13.9. The summed E-state index contributed by atoms with van der Waals surface area (Å²) in [6, 6.07) is 20.2. The van der Waals surface area contributed by atoms with Crippen LogP contribution in [0, 0.1) is 0 Å². The quantitative estimate of drug-likeness (QED) is 0.838. The fourth-order valence-corrected chi connectivity index (χ4v) is 4.93. The van der Waals surface area contributed by atoms with Crippen molar-refractivity contribution in [1.29, 1.82) is 0 Å². The number of nitrogens with one attached hydrogen (secondary N) is 1. The number of carbonyl (C=O) groups is 1. The minimum absolute atomic E-state index is 0.109. The molecule has 28 heavy (non-hydrogen) atoms. The Morgan fingerprint density at radius 2 is 1.71 bits per heavy atom. The molecular formula is C24H30N2O2. The Kier molecular flexibility index (Phi) is 5.79. The van der Waals surface area contributed by atoms with Gasteiger partial charge in [-0.2, -0.15) is 0 Å². The number of carbonyl (C=O) groups excluding carboxylic acids is 1. The Hall–Kier alpha value is -2.17. The van der Waals surface area contributed by atoms with Gasteiger partial charge in [-0.05, 0) is 56.3 Å². The van der Waals surface area contributed by atoms with E-state index < -0.39 is 11.5 Å². The number of likely N-dealkylation sites (tertiary alicyclic amines) is 1. The van der Waals surface area contributed by atoms with Crippen LogP contribution in [0.15, 0.2) is 60.7 Å².